The van der Waals surface area contributed by atoms with Crippen LogP contribution in [0.25, 0.3) is 0 Å². The zero-order valence-corrected chi connectivity index (χ0v) is 16.6. The molecule has 1 heterocycles. The molecule has 0 amide bonds. The molecule has 2 aromatic rings. The molecule has 3 rings (SSSR count). The summed E-state index contributed by atoms with van der Waals surface area (Å²) in [4.78, 5) is 0. The maximum atomic E-state index is 10.4. The van der Waals surface area contributed by atoms with E-state index in [4.69, 9.17) is 10.5 Å². The van der Waals surface area contributed by atoms with Gasteiger partial charge < -0.3 is 36.0 Å². The summed E-state index contributed by atoms with van der Waals surface area (Å²) in [6.07, 6.45) is -5.50. The van der Waals surface area contributed by atoms with Crippen LogP contribution in [0.15, 0.2) is 42.5 Å². The number of anilines is 1. The van der Waals surface area contributed by atoms with Gasteiger partial charge in [0.2, 0.25) is 0 Å². The molecule has 0 aliphatic carbocycles. The van der Waals surface area contributed by atoms with Crippen LogP contribution < -0.4 is 5.73 Å². The van der Waals surface area contributed by atoms with E-state index in [1.165, 1.54) is 0 Å². The minimum atomic E-state index is -1.43. The fraction of sp³-hybridized carbons (Fsp3) is 0.455. The third kappa shape index (κ3) is 4.61. The lowest BCUT2D eigenvalue weighted by Gasteiger charge is -2.40. The molecule has 7 N–H and O–H groups in total. The zero-order chi connectivity index (χ0) is 21.3. The van der Waals surface area contributed by atoms with E-state index < -0.39 is 42.7 Å². The van der Waals surface area contributed by atoms with Crippen molar-refractivity contribution in [1.82, 2.24) is 0 Å². The molecule has 158 valence electrons. The topological polar surface area (TPSA) is 136 Å². The van der Waals surface area contributed by atoms with E-state index in [2.05, 4.69) is 0 Å². The van der Waals surface area contributed by atoms with Gasteiger partial charge in [-0.15, -0.1) is 0 Å². The van der Waals surface area contributed by atoms with E-state index in [1.54, 1.807) is 32.0 Å². The maximum absolute atomic E-state index is 10.4. The summed E-state index contributed by atoms with van der Waals surface area (Å²) in [5.74, 6) is 0. The van der Waals surface area contributed by atoms with Crippen molar-refractivity contribution in [2.45, 2.75) is 56.4 Å². The fourth-order valence-electron chi connectivity index (χ4n) is 3.58. The molecule has 0 radical (unpaired) electrons. The summed E-state index contributed by atoms with van der Waals surface area (Å²) in [6, 6.07) is 12.8. The van der Waals surface area contributed by atoms with Crippen LogP contribution >= 0.6 is 0 Å². The zero-order valence-electron chi connectivity index (χ0n) is 16.6. The number of ether oxygens (including phenoxy) is 1. The highest BCUT2D eigenvalue weighted by Crippen LogP contribution is 2.34. The Morgan fingerprint density at radius 2 is 1.62 bits per heavy atom. The molecule has 7 heteroatoms. The number of hydrogen-bond donors (Lipinski definition) is 6. The van der Waals surface area contributed by atoms with Gasteiger partial charge in [-0.05, 0) is 48.6 Å². The average molecular weight is 403 g/mol. The van der Waals surface area contributed by atoms with Crippen LogP contribution in [0.3, 0.4) is 0 Å². The number of aliphatic hydroxyl groups excluding tert-OH is 4. The Balaban J connectivity index is 1.84. The van der Waals surface area contributed by atoms with E-state index in [9.17, 15) is 25.5 Å². The largest absolute Gasteiger partial charge is 0.398 e. The smallest absolute Gasteiger partial charge is 0.113 e. The third-order valence-electron chi connectivity index (χ3n) is 5.44. The summed E-state index contributed by atoms with van der Waals surface area (Å²) >= 11 is 0. The van der Waals surface area contributed by atoms with Gasteiger partial charge >= 0.3 is 0 Å². The number of nitrogen functional groups attached to an aromatic ring is 1. The van der Waals surface area contributed by atoms with Gasteiger partial charge in [0, 0.05) is 5.69 Å². The first-order valence-corrected chi connectivity index (χ1v) is 9.62. The standard InChI is InChI=1S/C22H29NO6/c1-22(2,28)15-6-3-12(4-7-15)9-14-10-13(5-8-16(14)23)21-20(27)19(26)18(25)17(11-24)29-21/h3-8,10,17-21,24-28H,9,11,23H2,1-2H3/t17-,18-,19?,20-,21+/m1/s1. The van der Waals surface area contributed by atoms with Gasteiger partial charge in [0.15, 0.2) is 0 Å². The first kappa shape index (κ1) is 21.7. The molecule has 1 unspecified atom stereocenters. The Bertz CT molecular complexity index is 830. The van der Waals surface area contributed by atoms with Crippen LogP contribution in [-0.4, -0.2) is 56.6 Å². The van der Waals surface area contributed by atoms with Crippen LogP contribution in [0.5, 0.6) is 0 Å². The second-order valence-corrected chi connectivity index (χ2v) is 8.14. The van der Waals surface area contributed by atoms with Gasteiger partial charge in [-0.3, -0.25) is 0 Å². The molecule has 1 saturated heterocycles. The van der Waals surface area contributed by atoms with Crippen LogP contribution in [0, 0.1) is 0 Å². The molecule has 29 heavy (non-hydrogen) atoms. The van der Waals surface area contributed by atoms with Crippen LogP contribution in [-0.2, 0) is 16.8 Å². The Morgan fingerprint density at radius 3 is 2.21 bits per heavy atom. The lowest BCUT2D eigenvalue weighted by molar-refractivity contribution is -0.231. The van der Waals surface area contributed by atoms with E-state index in [-0.39, 0.29) is 0 Å². The average Bonchev–Trinajstić information content (AvgIpc) is 2.68. The van der Waals surface area contributed by atoms with Gasteiger partial charge in [0.05, 0.1) is 12.2 Å². The SMILES string of the molecule is CC(C)(O)c1ccc(Cc2cc([C@@H]3O[C@H](CO)[C@@H](O)C(O)[C@H]3O)ccc2N)cc1. The van der Waals surface area contributed by atoms with Crippen molar-refractivity contribution in [2.24, 2.45) is 0 Å². The minimum absolute atomic E-state index is 0.475. The molecule has 0 aromatic heterocycles. The van der Waals surface area contributed by atoms with Crippen molar-refractivity contribution < 1.29 is 30.3 Å². The molecule has 0 saturated carbocycles. The summed E-state index contributed by atoms with van der Waals surface area (Å²) in [7, 11) is 0. The number of hydrogen-bond acceptors (Lipinski definition) is 7. The molecule has 1 aliphatic rings. The van der Waals surface area contributed by atoms with Crippen molar-refractivity contribution in [3.63, 3.8) is 0 Å². The molecule has 5 atom stereocenters. The lowest BCUT2D eigenvalue weighted by atomic mass is 9.89. The molecule has 2 aromatic carbocycles. The highest BCUT2D eigenvalue weighted by molar-refractivity contribution is 5.51. The van der Waals surface area contributed by atoms with Gasteiger partial charge in [-0.2, -0.15) is 0 Å². The normalized spacial score (nSPS) is 27.8. The highest BCUT2D eigenvalue weighted by Gasteiger charge is 2.44. The van der Waals surface area contributed by atoms with E-state index >= 15 is 0 Å². The number of rotatable bonds is 5. The monoisotopic (exact) mass is 403 g/mol. The molecule has 0 bridgehead atoms. The maximum Gasteiger partial charge on any atom is 0.113 e. The van der Waals surface area contributed by atoms with Gasteiger partial charge in [-0.25, -0.2) is 0 Å². The molecule has 0 spiro atoms. The van der Waals surface area contributed by atoms with Crippen molar-refractivity contribution >= 4 is 5.69 Å². The highest BCUT2D eigenvalue weighted by atomic mass is 16.5. The fourth-order valence-corrected chi connectivity index (χ4v) is 3.58. The predicted octanol–water partition coefficient (Wildman–Crippen LogP) is 0.602. The van der Waals surface area contributed by atoms with Crippen LogP contribution in [0.4, 0.5) is 5.69 Å². The Kier molecular flexibility index (Phi) is 6.28. The van der Waals surface area contributed by atoms with Gasteiger partial charge in [0.25, 0.3) is 0 Å². The number of benzene rings is 2. The second kappa shape index (κ2) is 8.39. The Labute approximate surface area is 170 Å². The molecular weight excluding hydrogens is 374 g/mol. The number of nitrogens with two attached hydrogens (primary N) is 1. The Morgan fingerprint density at radius 1 is 0.966 bits per heavy atom. The third-order valence-corrected chi connectivity index (χ3v) is 5.44. The summed E-state index contributed by atoms with van der Waals surface area (Å²) in [5.41, 5.74) is 9.01. The summed E-state index contributed by atoms with van der Waals surface area (Å²) < 4.78 is 5.64. The summed E-state index contributed by atoms with van der Waals surface area (Å²) in [6.45, 7) is 2.98. The van der Waals surface area contributed by atoms with Gasteiger partial charge in [0.1, 0.15) is 30.5 Å². The minimum Gasteiger partial charge on any atom is -0.398 e. The van der Waals surface area contributed by atoms with Crippen LogP contribution in [0.1, 0.15) is 42.2 Å². The number of aliphatic hydroxyl groups is 5. The van der Waals surface area contributed by atoms with Crippen molar-refractivity contribution in [3.8, 4) is 0 Å². The molecule has 1 fully saturated rings. The van der Waals surface area contributed by atoms with E-state index in [0.717, 1.165) is 16.7 Å². The van der Waals surface area contributed by atoms with Gasteiger partial charge in [-0.1, -0.05) is 36.4 Å². The lowest BCUT2D eigenvalue weighted by Crippen LogP contribution is -2.55. The predicted molar refractivity (Wildman–Crippen MR) is 108 cm³/mol. The van der Waals surface area contributed by atoms with Crippen molar-refractivity contribution in [3.05, 3.63) is 64.7 Å². The van der Waals surface area contributed by atoms with Crippen LogP contribution in [0.2, 0.25) is 0 Å². The van der Waals surface area contributed by atoms with E-state index in [1.807, 2.05) is 24.3 Å². The molecule has 1 aliphatic heterocycles. The molecule has 7 nitrogen and oxygen atoms in total. The first-order chi connectivity index (χ1) is 13.6. The van der Waals surface area contributed by atoms with Crippen molar-refractivity contribution in [2.75, 3.05) is 12.3 Å². The second-order valence-electron chi connectivity index (χ2n) is 8.14. The van der Waals surface area contributed by atoms with Crippen molar-refractivity contribution in [1.29, 1.82) is 0 Å². The quantitative estimate of drug-likeness (QED) is 0.402. The molecular formula is C22H29NO6. The first-order valence-electron chi connectivity index (χ1n) is 9.62. The van der Waals surface area contributed by atoms with E-state index in [0.29, 0.717) is 17.7 Å². The Hall–Kier alpha value is -2.00. The summed E-state index contributed by atoms with van der Waals surface area (Å²) in [5, 5.41) is 49.8.